The summed E-state index contributed by atoms with van der Waals surface area (Å²) in [7, 11) is 0. The first-order valence-electron chi connectivity index (χ1n) is 4.67. The van der Waals surface area contributed by atoms with Crippen LogP contribution in [0.5, 0.6) is 0 Å². The van der Waals surface area contributed by atoms with E-state index >= 15 is 0 Å². The van der Waals surface area contributed by atoms with Crippen molar-refractivity contribution >= 4 is 0 Å². The van der Waals surface area contributed by atoms with Gasteiger partial charge in [-0.15, -0.1) is 0 Å². The summed E-state index contributed by atoms with van der Waals surface area (Å²) in [5.74, 6) is 0. The summed E-state index contributed by atoms with van der Waals surface area (Å²) < 4.78 is 0. The minimum absolute atomic E-state index is 0.0621. The van der Waals surface area contributed by atoms with Crippen molar-refractivity contribution < 1.29 is 5.11 Å². The molecule has 0 bridgehead atoms. The quantitative estimate of drug-likeness (QED) is 0.740. The van der Waals surface area contributed by atoms with E-state index in [0.29, 0.717) is 0 Å². The highest BCUT2D eigenvalue weighted by Crippen LogP contribution is 2.16. The zero-order valence-corrected chi connectivity index (χ0v) is 8.03. The van der Waals surface area contributed by atoms with Crippen molar-refractivity contribution in [2.45, 2.75) is 25.8 Å². The lowest BCUT2D eigenvalue weighted by molar-refractivity contribution is 0.280. The summed E-state index contributed by atoms with van der Waals surface area (Å²) >= 11 is 0. The molecule has 1 unspecified atom stereocenters. The van der Waals surface area contributed by atoms with Gasteiger partial charge in [0.2, 0.25) is 0 Å². The molecule has 0 saturated heterocycles. The van der Waals surface area contributed by atoms with Gasteiger partial charge < -0.3 is 10.8 Å². The highest BCUT2D eigenvalue weighted by atomic mass is 16.2. The molecule has 0 aromatic heterocycles. The summed E-state index contributed by atoms with van der Waals surface area (Å²) in [6, 6.07) is 8.27. The fourth-order valence-corrected chi connectivity index (χ4v) is 1.38. The van der Waals surface area contributed by atoms with Crippen LogP contribution in [0.1, 0.15) is 30.0 Å². The van der Waals surface area contributed by atoms with Gasteiger partial charge in [-0.05, 0) is 25.3 Å². The van der Waals surface area contributed by atoms with Crippen LogP contribution in [0.3, 0.4) is 0 Å². The Kier molecular flexibility index (Phi) is 3.93. The summed E-state index contributed by atoms with van der Waals surface area (Å²) in [6.45, 7) is 2.28. The lowest BCUT2D eigenvalue weighted by Gasteiger charge is -2.11. The maximum Gasteiger partial charge on any atom is 0.0431 e. The van der Waals surface area contributed by atoms with Crippen LogP contribution in [-0.4, -0.2) is 11.7 Å². The number of aryl methyl sites for hydroxylation is 1. The molecule has 13 heavy (non-hydrogen) atoms. The normalized spacial score (nSPS) is 12.8. The predicted octanol–water partition coefficient (Wildman–Crippen LogP) is 1.77. The van der Waals surface area contributed by atoms with Crippen LogP contribution in [0.4, 0.5) is 0 Å². The van der Waals surface area contributed by atoms with Crippen LogP contribution < -0.4 is 5.73 Å². The van der Waals surface area contributed by atoms with Gasteiger partial charge in [0.25, 0.3) is 0 Å². The predicted molar refractivity (Wildman–Crippen MR) is 54.4 cm³/mol. The average molecular weight is 179 g/mol. The van der Waals surface area contributed by atoms with Gasteiger partial charge in [0.05, 0.1) is 0 Å². The molecule has 1 rings (SSSR count). The van der Waals surface area contributed by atoms with Crippen molar-refractivity contribution in [3.05, 3.63) is 35.4 Å². The lowest BCUT2D eigenvalue weighted by Crippen LogP contribution is -2.10. The number of nitrogens with two attached hydrogens (primary N) is 1. The minimum Gasteiger partial charge on any atom is -0.396 e. The van der Waals surface area contributed by atoms with Gasteiger partial charge in [-0.3, -0.25) is 0 Å². The van der Waals surface area contributed by atoms with Crippen LogP contribution >= 0.6 is 0 Å². The van der Waals surface area contributed by atoms with Crippen LogP contribution in [0.2, 0.25) is 0 Å². The third-order valence-electron chi connectivity index (χ3n) is 2.14. The fourth-order valence-electron chi connectivity index (χ4n) is 1.38. The maximum atomic E-state index is 8.66. The Labute approximate surface area is 79.4 Å². The van der Waals surface area contributed by atoms with Gasteiger partial charge in [0.15, 0.2) is 0 Å². The van der Waals surface area contributed by atoms with E-state index in [1.54, 1.807) is 0 Å². The van der Waals surface area contributed by atoms with E-state index in [-0.39, 0.29) is 12.6 Å². The molecule has 0 aliphatic carbocycles. The summed E-state index contributed by atoms with van der Waals surface area (Å²) in [5, 5.41) is 8.66. The molecule has 72 valence electrons. The van der Waals surface area contributed by atoms with E-state index in [9.17, 15) is 0 Å². The minimum atomic E-state index is 0.0621. The first-order chi connectivity index (χ1) is 6.24. The second-order valence-corrected chi connectivity index (χ2v) is 3.39. The number of aliphatic hydroxyl groups excluding tert-OH is 1. The van der Waals surface area contributed by atoms with Crippen molar-refractivity contribution in [2.24, 2.45) is 5.73 Å². The van der Waals surface area contributed by atoms with E-state index in [2.05, 4.69) is 19.1 Å². The molecule has 1 aromatic carbocycles. The molecule has 0 radical (unpaired) electrons. The van der Waals surface area contributed by atoms with Gasteiger partial charge in [-0.2, -0.15) is 0 Å². The van der Waals surface area contributed by atoms with Crippen molar-refractivity contribution in [1.82, 2.24) is 0 Å². The first kappa shape index (κ1) is 10.2. The highest BCUT2D eigenvalue weighted by Gasteiger charge is 2.04. The maximum absolute atomic E-state index is 8.66. The van der Waals surface area contributed by atoms with Crippen LogP contribution in [0.15, 0.2) is 24.3 Å². The Morgan fingerprint density at radius 2 is 2.23 bits per heavy atom. The van der Waals surface area contributed by atoms with Crippen molar-refractivity contribution in [1.29, 1.82) is 0 Å². The van der Waals surface area contributed by atoms with Gasteiger partial charge in [-0.1, -0.05) is 29.8 Å². The second-order valence-electron chi connectivity index (χ2n) is 3.39. The van der Waals surface area contributed by atoms with Gasteiger partial charge in [-0.25, -0.2) is 0 Å². The molecule has 0 amide bonds. The molecule has 0 heterocycles. The number of hydrogen-bond acceptors (Lipinski definition) is 2. The molecular weight excluding hydrogens is 162 g/mol. The monoisotopic (exact) mass is 179 g/mol. The summed E-state index contributed by atoms with van der Waals surface area (Å²) in [6.07, 6.45) is 1.62. The van der Waals surface area contributed by atoms with Gasteiger partial charge in [0, 0.05) is 12.6 Å². The van der Waals surface area contributed by atoms with Crippen LogP contribution in [0, 0.1) is 6.92 Å². The fraction of sp³-hybridized carbons (Fsp3) is 0.455. The number of benzene rings is 1. The number of aliphatic hydroxyl groups is 1. The van der Waals surface area contributed by atoms with Crippen molar-refractivity contribution in [3.8, 4) is 0 Å². The third kappa shape index (κ3) is 3.17. The van der Waals surface area contributed by atoms with Crippen LogP contribution in [-0.2, 0) is 0 Å². The molecule has 0 spiro atoms. The lowest BCUT2D eigenvalue weighted by atomic mass is 10.0. The number of hydrogen-bond donors (Lipinski definition) is 2. The van der Waals surface area contributed by atoms with Gasteiger partial charge in [0.1, 0.15) is 0 Å². The Bertz CT molecular complexity index is 260. The molecule has 1 atom stereocenters. The SMILES string of the molecule is Cc1cccc(C(N)CCCO)c1. The van der Waals surface area contributed by atoms with Gasteiger partial charge >= 0.3 is 0 Å². The highest BCUT2D eigenvalue weighted by molar-refractivity contribution is 5.24. The Balaban J connectivity index is 2.60. The summed E-state index contributed by atoms with van der Waals surface area (Å²) in [4.78, 5) is 0. The van der Waals surface area contributed by atoms with E-state index in [1.807, 2.05) is 12.1 Å². The Morgan fingerprint density at radius 3 is 2.85 bits per heavy atom. The Morgan fingerprint density at radius 1 is 1.46 bits per heavy atom. The molecule has 2 nitrogen and oxygen atoms in total. The first-order valence-corrected chi connectivity index (χ1v) is 4.67. The zero-order valence-electron chi connectivity index (χ0n) is 8.03. The average Bonchev–Trinajstić information content (AvgIpc) is 2.14. The molecular formula is C11H17NO. The molecule has 0 saturated carbocycles. The molecule has 1 aromatic rings. The largest absolute Gasteiger partial charge is 0.396 e. The molecule has 2 heteroatoms. The van der Waals surface area contributed by atoms with Crippen LogP contribution in [0.25, 0.3) is 0 Å². The smallest absolute Gasteiger partial charge is 0.0431 e. The zero-order chi connectivity index (χ0) is 9.68. The van der Waals surface area contributed by atoms with E-state index in [0.717, 1.165) is 18.4 Å². The number of rotatable bonds is 4. The topological polar surface area (TPSA) is 46.2 Å². The second kappa shape index (κ2) is 5.00. The Hall–Kier alpha value is -0.860. The molecule has 0 aliphatic rings. The van der Waals surface area contributed by atoms with Crippen molar-refractivity contribution in [2.75, 3.05) is 6.61 Å². The standard InChI is InChI=1S/C11H17NO/c1-9-4-2-5-10(8-9)11(12)6-3-7-13/h2,4-5,8,11,13H,3,6-7,12H2,1H3. The molecule has 3 N–H and O–H groups in total. The van der Waals surface area contributed by atoms with Crippen molar-refractivity contribution in [3.63, 3.8) is 0 Å². The van der Waals surface area contributed by atoms with E-state index < -0.39 is 0 Å². The molecule has 0 fully saturated rings. The van der Waals surface area contributed by atoms with E-state index in [4.69, 9.17) is 10.8 Å². The van der Waals surface area contributed by atoms with E-state index in [1.165, 1.54) is 5.56 Å². The third-order valence-corrected chi connectivity index (χ3v) is 2.14. The molecule has 0 aliphatic heterocycles. The summed E-state index contributed by atoms with van der Waals surface area (Å²) in [5.41, 5.74) is 8.33.